The van der Waals surface area contributed by atoms with Gasteiger partial charge in [-0.3, -0.25) is 14.4 Å². The first-order chi connectivity index (χ1) is 10.9. The molecule has 0 aliphatic carbocycles. The third kappa shape index (κ3) is 2.74. The molecule has 0 radical (unpaired) electrons. The quantitative estimate of drug-likeness (QED) is 0.745. The molecule has 2 aliphatic rings. The van der Waals surface area contributed by atoms with Crippen LogP contribution in [0.5, 0.6) is 0 Å². The molecular weight excluding hydrogens is 368 g/mol. The van der Waals surface area contributed by atoms with Crippen molar-refractivity contribution < 1.29 is 24.3 Å². The summed E-state index contributed by atoms with van der Waals surface area (Å²) in [5.41, 5.74) is 1.80. The van der Waals surface area contributed by atoms with E-state index in [0.717, 1.165) is 15.6 Å². The van der Waals surface area contributed by atoms with Crippen LogP contribution in [0.2, 0.25) is 0 Å². The van der Waals surface area contributed by atoms with Crippen molar-refractivity contribution in [3.8, 4) is 0 Å². The fourth-order valence-electron chi connectivity index (χ4n) is 2.99. The molecule has 8 heteroatoms. The number of benzene rings is 1. The van der Waals surface area contributed by atoms with Crippen molar-refractivity contribution >= 4 is 39.7 Å². The molecule has 3 rings (SSSR count). The Hall–Kier alpha value is -2.22. The van der Waals surface area contributed by atoms with Crippen LogP contribution in [0.25, 0.3) is 0 Å². The summed E-state index contributed by atoms with van der Waals surface area (Å²) < 4.78 is 0.864. The van der Waals surface area contributed by atoms with Gasteiger partial charge < -0.3 is 10.0 Å². The Kier molecular flexibility index (Phi) is 3.93. The number of carbonyl (C=O) groups is 4. The number of carbonyl (C=O) groups excluding carboxylic acids is 3. The van der Waals surface area contributed by atoms with E-state index in [-0.39, 0.29) is 36.6 Å². The van der Waals surface area contributed by atoms with E-state index in [1.807, 2.05) is 18.2 Å². The fraction of sp³-hybridized carbons (Fsp3) is 0.333. The minimum Gasteiger partial charge on any atom is -0.464 e. The van der Waals surface area contributed by atoms with Gasteiger partial charge in [0.2, 0.25) is 11.8 Å². The number of halogens is 1. The van der Waals surface area contributed by atoms with Gasteiger partial charge in [0.15, 0.2) is 0 Å². The van der Waals surface area contributed by atoms with Gasteiger partial charge in [0.25, 0.3) is 5.91 Å². The number of rotatable bonds is 1. The highest BCUT2D eigenvalue weighted by molar-refractivity contribution is 9.10. The summed E-state index contributed by atoms with van der Waals surface area (Å²) >= 11 is 3.37. The van der Waals surface area contributed by atoms with Crippen LogP contribution in [0, 0.1) is 0 Å². The maximum absolute atomic E-state index is 12.4. The van der Waals surface area contributed by atoms with Gasteiger partial charge in [0, 0.05) is 17.4 Å². The predicted octanol–water partition coefficient (Wildman–Crippen LogP) is 1.53. The average molecular weight is 381 g/mol. The highest BCUT2D eigenvalue weighted by Crippen LogP contribution is 2.28. The number of fused-ring (bicyclic) bond motifs is 1. The van der Waals surface area contributed by atoms with Gasteiger partial charge >= 0.3 is 6.09 Å². The van der Waals surface area contributed by atoms with Gasteiger partial charge in [-0.1, -0.05) is 22.0 Å². The van der Waals surface area contributed by atoms with Gasteiger partial charge in [-0.05, 0) is 29.7 Å². The number of piperidine rings is 1. The molecule has 1 aromatic rings. The number of hydrogen-bond donors (Lipinski definition) is 1. The highest BCUT2D eigenvalue weighted by Gasteiger charge is 2.43. The molecule has 1 fully saturated rings. The van der Waals surface area contributed by atoms with E-state index >= 15 is 0 Å². The molecule has 1 N–H and O–H groups in total. The Balaban J connectivity index is 1.89. The molecule has 1 atom stereocenters. The lowest BCUT2D eigenvalue weighted by molar-refractivity contribution is -0.155. The molecule has 1 saturated heterocycles. The van der Waals surface area contributed by atoms with Crippen LogP contribution in [0.15, 0.2) is 22.7 Å². The number of hydrogen-bond acceptors (Lipinski definition) is 4. The van der Waals surface area contributed by atoms with Gasteiger partial charge in [-0.2, -0.15) is 4.90 Å². The Labute approximate surface area is 140 Å². The van der Waals surface area contributed by atoms with Gasteiger partial charge in [-0.25, -0.2) is 4.79 Å². The van der Waals surface area contributed by atoms with Gasteiger partial charge in [0.05, 0.1) is 6.42 Å². The van der Waals surface area contributed by atoms with E-state index in [2.05, 4.69) is 15.9 Å². The first kappa shape index (κ1) is 15.7. The van der Waals surface area contributed by atoms with E-state index in [9.17, 15) is 19.2 Å². The third-order valence-corrected chi connectivity index (χ3v) is 4.62. The minimum absolute atomic E-state index is 0.0716. The Bertz CT molecular complexity index is 733. The van der Waals surface area contributed by atoms with Crippen LogP contribution >= 0.6 is 15.9 Å². The van der Waals surface area contributed by atoms with Crippen molar-refractivity contribution in [1.82, 2.24) is 9.80 Å². The molecule has 7 nitrogen and oxygen atoms in total. The van der Waals surface area contributed by atoms with Crippen LogP contribution in [0.3, 0.4) is 0 Å². The molecule has 0 spiro atoms. The number of carboxylic acid groups (broad SMARTS) is 1. The lowest BCUT2D eigenvalue weighted by Gasteiger charge is -2.38. The normalized spacial score (nSPS) is 21.4. The second kappa shape index (κ2) is 5.77. The smallest absolute Gasteiger partial charge is 0.421 e. The predicted molar refractivity (Wildman–Crippen MR) is 81.3 cm³/mol. The van der Waals surface area contributed by atoms with Crippen LogP contribution < -0.4 is 0 Å². The molecule has 0 aromatic heterocycles. The van der Waals surface area contributed by atoms with Crippen molar-refractivity contribution in [2.24, 2.45) is 0 Å². The summed E-state index contributed by atoms with van der Waals surface area (Å²) in [6.45, 7) is 0.228. The average Bonchev–Trinajstić information content (AvgIpc) is 2.47. The van der Waals surface area contributed by atoms with E-state index in [1.165, 1.54) is 4.90 Å². The first-order valence-corrected chi connectivity index (χ1v) is 7.84. The lowest BCUT2D eigenvalue weighted by Crippen LogP contribution is -2.58. The maximum Gasteiger partial charge on any atom is 0.421 e. The fourth-order valence-corrected chi connectivity index (χ4v) is 3.40. The SMILES string of the molecule is O=C(O)N1C(=O)CCC(N2Cc3cc(Br)ccc3CC2=O)C1=O. The third-order valence-electron chi connectivity index (χ3n) is 4.13. The zero-order chi connectivity index (χ0) is 16.7. The molecule has 0 bridgehead atoms. The molecule has 1 aromatic carbocycles. The van der Waals surface area contributed by atoms with Crippen molar-refractivity contribution in [2.45, 2.75) is 31.8 Å². The minimum atomic E-state index is -1.60. The van der Waals surface area contributed by atoms with E-state index < -0.39 is 23.9 Å². The molecule has 2 aliphatic heterocycles. The molecule has 4 amide bonds. The van der Waals surface area contributed by atoms with Gasteiger partial charge in [-0.15, -0.1) is 0 Å². The first-order valence-electron chi connectivity index (χ1n) is 7.05. The van der Waals surface area contributed by atoms with Crippen LogP contribution in [0.1, 0.15) is 24.0 Å². The summed E-state index contributed by atoms with van der Waals surface area (Å²) in [4.78, 5) is 49.0. The summed E-state index contributed by atoms with van der Waals surface area (Å²) in [6.07, 6.45) is -1.36. The number of likely N-dealkylation sites (tertiary alicyclic amines) is 1. The van der Waals surface area contributed by atoms with E-state index in [4.69, 9.17) is 5.11 Å². The lowest BCUT2D eigenvalue weighted by atomic mass is 9.95. The molecule has 0 saturated carbocycles. The van der Waals surface area contributed by atoms with Crippen molar-refractivity contribution in [2.75, 3.05) is 0 Å². The largest absolute Gasteiger partial charge is 0.464 e. The highest BCUT2D eigenvalue weighted by atomic mass is 79.9. The number of amides is 4. The monoisotopic (exact) mass is 380 g/mol. The summed E-state index contributed by atoms with van der Waals surface area (Å²) in [5, 5.41) is 9.03. The standard InChI is InChI=1S/C15H13BrN2O5/c16-10-2-1-8-6-13(20)17(7-9(8)5-10)11-3-4-12(19)18(14(11)21)15(22)23/h1-2,5,11H,3-4,6-7H2,(H,22,23). The van der Waals surface area contributed by atoms with Crippen LogP contribution in [-0.2, 0) is 27.3 Å². The van der Waals surface area contributed by atoms with Gasteiger partial charge in [0.1, 0.15) is 6.04 Å². The van der Waals surface area contributed by atoms with Crippen molar-refractivity contribution in [3.05, 3.63) is 33.8 Å². The second-order valence-corrected chi connectivity index (χ2v) is 6.43. The second-order valence-electron chi connectivity index (χ2n) is 5.52. The van der Waals surface area contributed by atoms with Crippen molar-refractivity contribution in [3.63, 3.8) is 0 Å². The van der Waals surface area contributed by atoms with E-state index in [1.54, 1.807) is 0 Å². The maximum atomic E-state index is 12.4. The number of nitrogens with zero attached hydrogens (tertiary/aromatic N) is 2. The Morgan fingerprint density at radius 1 is 1.17 bits per heavy atom. The van der Waals surface area contributed by atoms with Crippen molar-refractivity contribution in [1.29, 1.82) is 0 Å². The molecule has 120 valence electrons. The Morgan fingerprint density at radius 2 is 1.91 bits per heavy atom. The zero-order valence-corrected chi connectivity index (χ0v) is 13.6. The van der Waals surface area contributed by atoms with E-state index in [0.29, 0.717) is 0 Å². The van der Waals surface area contributed by atoms with Crippen LogP contribution in [-0.4, -0.2) is 44.8 Å². The molecule has 2 heterocycles. The summed E-state index contributed by atoms with van der Waals surface area (Å²) in [6, 6.07) is 4.66. The van der Waals surface area contributed by atoms with Crippen LogP contribution in [0.4, 0.5) is 4.79 Å². The summed E-state index contributed by atoms with van der Waals surface area (Å²) in [5.74, 6) is -1.83. The zero-order valence-electron chi connectivity index (χ0n) is 12.0. The molecule has 1 unspecified atom stereocenters. The summed E-state index contributed by atoms with van der Waals surface area (Å²) in [7, 11) is 0. The Morgan fingerprint density at radius 3 is 2.61 bits per heavy atom. The molecule has 23 heavy (non-hydrogen) atoms. The molecular formula is C15H13BrN2O5. The topological polar surface area (TPSA) is 95.0 Å². The number of imide groups is 3.